The van der Waals surface area contributed by atoms with Gasteiger partial charge < -0.3 is 19.9 Å². The Hall–Kier alpha value is -1.75. The average Bonchev–Trinajstić information content (AvgIpc) is 2.55. The molecular formula is C18H29N3O2. The number of rotatable bonds is 6. The van der Waals surface area contributed by atoms with Gasteiger partial charge in [-0.25, -0.2) is 4.79 Å². The molecule has 0 saturated carbocycles. The highest BCUT2D eigenvalue weighted by atomic mass is 16.5. The summed E-state index contributed by atoms with van der Waals surface area (Å²) in [5.41, 5.74) is 2.56. The van der Waals surface area contributed by atoms with E-state index < -0.39 is 0 Å². The molecule has 128 valence electrons. The minimum absolute atomic E-state index is 0.0407. The number of benzene rings is 1. The SMILES string of the molecule is Cc1ccccc1N1CCN(C(=O)NCCCOC(C)C)CC1. The van der Waals surface area contributed by atoms with Gasteiger partial charge in [0.25, 0.3) is 0 Å². The summed E-state index contributed by atoms with van der Waals surface area (Å²) in [7, 11) is 0. The number of anilines is 1. The van der Waals surface area contributed by atoms with Crippen molar-refractivity contribution in [3.05, 3.63) is 29.8 Å². The van der Waals surface area contributed by atoms with Crippen molar-refractivity contribution in [2.45, 2.75) is 33.3 Å². The molecule has 0 atom stereocenters. The van der Waals surface area contributed by atoms with Crippen molar-refractivity contribution >= 4 is 11.7 Å². The summed E-state index contributed by atoms with van der Waals surface area (Å²) in [6, 6.07) is 8.46. The number of hydrogen-bond donors (Lipinski definition) is 1. The molecule has 5 heteroatoms. The summed E-state index contributed by atoms with van der Waals surface area (Å²) in [6.07, 6.45) is 1.10. The number of nitrogens with one attached hydrogen (secondary N) is 1. The van der Waals surface area contributed by atoms with Crippen LogP contribution in [0.3, 0.4) is 0 Å². The zero-order chi connectivity index (χ0) is 16.7. The first kappa shape index (κ1) is 17.6. The molecule has 23 heavy (non-hydrogen) atoms. The number of ether oxygens (including phenoxy) is 1. The van der Waals surface area contributed by atoms with Crippen LogP contribution >= 0.6 is 0 Å². The van der Waals surface area contributed by atoms with Gasteiger partial charge in [0, 0.05) is 45.0 Å². The number of para-hydroxylation sites is 1. The molecular weight excluding hydrogens is 290 g/mol. The number of nitrogens with zero attached hydrogens (tertiary/aromatic N) is 2. The lowest BCUT2D eigenvalue weighted by Crippen LogP contribution is -2.52. The summed E-state index contributed by atoms with van der Waals surface area (Å²) in [5, 5.41) is 2.98. The Kier molecular flexibility index (Phi) is 6.71. The normalized spacial score (nSPS) is 15.1. The molecule has 2 amide bonds. The van der Waals surface area contributed by atoms with Gasteiger partial charge in [-0.05, 0) is 38.8 Å². The Morgan fingerprint density at radius 3 is 2.57 bits per heavy atom. The highest BCUT2D eigenvalue weighted by Gasteiger charge is 2.21. The zero-order valence-electron chi connectivity index (χ0n) is 14.5. The van der Waals surface area contributed by atoms with Crippen molar-refractivity contribution in [3.63, 3.8) is 0 Å². The van der Waals surface area contributed by atoms with Crippen molar-refractivity contribution in [2.24, 2.45) is 0 Å². The van der Waals surface area contributed by atoms with Crippen LogP contribution in [0.5, 0.6) is 0 Å². The van der Waals surface area contributed by atoms with E-state index >= 15 is 0 Å². The van der Waals surface area contributed by atoms with Crippen molar-refractivity contribution in [1.29, 1.82) is 0 Å². The molecule has 5 nitrogen and oxygen atoms in total. The highest BCUT2D eigenvalue weighted by molar-refractivity contribution is 5.74. The van der Waals surface area contributed by atoms with E-state index in [1.54, 1.807) is 0 Å². The molecule has 0 aromatic heterocycles. The van der Waals surface area contributed by atoms with Gasteiger partial charge in [0.1, 0.15) is 0 Å². The number of carbonyl (C=O) groups is 1. The Morgan fingerprint density at radius 2 is 1.91 bits per heavy atom. The van der Waals surface area contributed by atoms with Crippen molar-refractivity contribution in [3.8, 4) is 0 Å². The molecule has 1 aromatic rings. The largest absolute Gasteiger partial charge is 0.379 e. The monoisotopic (exact) mass is 319 g/mol. The van der Waals surface area contributed by atoms with Crippen LogP contribution in [-0.4, -0.2) is 56.4 Å². The van der Waals surface area contributed by atoms with E-state index in [1.165, 1.54) is 11.3 Å². The first-order chi connectivity index (χ1) is 11.1. The zero-order valence-corrected chi connectivity index (χ0v) is 14.5. The second-order valence-electron chi connectivity index (χ2n) is 6.27. The van der Waals surface area contributed by atoms with Crippen LogP contribution in [0, 0.1) is 6.92 Å². The van der Waals surface area contributed by atoms with E-state index in [0.29, 0.717) is 13.2 Å². The van der Waals surface area contributed by atoms with Crippen LogP contribution in [-0.2, 0) is 4.74 Å². The maximum absolute atomic E-state index is 12.2. The van der Waals surface area contributed by atoms with Gasteiger partial charge in [-0.15, -0.1) is 0 Å². The van der Waals surface area contributed by atoms with Crippen LogP contribution in [0.15, 0.2) is 24.3 Å². The fourth-order valence-corrected chi connectivity index (χ4v) is 2.77. The molecule has 1 saturated heterocycles. The predicted octanol–water partition coefficient (Wildman–Crippen LogP) is 2.64. The molecule has 1 aromatic carbocycles. The summed E-state index contributed by atoms with van der Waals surface area (Å²) >= 11 is 0. The molecule has 0 aliphatic carbocycles. The minimum atomic E-state index is 0.0407. The van der Waals surface area contributed by atoms with Gasteiger partial charge in [-0.2, -0.15) is 0 Å². The first-order valence-corrected chi connectivity index (χ1v) is 8.53. The molecule has 1 heterocycles. The maximum Gasteiger partial charge on any atom is 0.317 e. The smallest absolute Gasteiger partial charge is 0.317 e. The maximum atomic E-state index is 12.2. The number of aryl methyl sites for hydroxylation is 1. The van der Waals surface area contributed by atoms with Crippen LogP contribution in [0.2, 0.25) is 0 Å². The van der Waals surface area contributed by atoms with E-state index in [2.05, 4.69) is 41.4 Å². The van der Waals surface area contributed by atoms with E-state index in [1.807, 2.05) is 18.7 Å². The van der Waals surface area contributed by atoms with Crippen molar-refractivity contribution in [1.82, 2.24) is 10.2 Å². The molecule has 2 rings (SSSR count). The lowest BCUT2D eigenvalue weighted by molar-refractivity contribution is 0.0771. The fourth-order valence-electron chi connectivity index (χ4n) is 2.77. The van der Waals surface area contributed by atoms with Gasteiger partial charge in [-0.3, -0.25) is 0 Å². The van der Waals surface area contributed by atoms with Crippen LogP contribution < -0.4 is 10.2 Å². The summed E-state index contributed by atoms with van der Waals surface area (Å²) < 4.78 is 5.47. The number of piperazine rings is 1. The standard InChI is InChI=1S/C18H29N3O2/c1-15(2)23-14-6-9-19-18(22)21-12-10-20(11-13-21)17-8-5-4-7-16(17)3/h4-5,7-8,15H,6,9-14H2,1-3H3,(H,19,22). The van der Waals surface area contributed by atoms with Gasteiger partial charge >= 0.3 is 6.03 Å². The van der Waals surface area contributed by atoms with Crippen LogP contribution in [0.4, 0.5) is 10.5 Å². The summed E-state index contributed by atoms with van der Waals surface area (Å²) in [4.78, 5) is 16.4. The van der Waals surface area contributed by atoms with Crippen molar-refractivity contribution < 1.29 is 9.53 Å². The summed E-state index contributed by atoms with van der Waals surface area (Å²) in [5.74, 6) is 0. The molecule has 0 spiro atoms. The van der Waals surface area contributed by atoms with E-state index in [0.717, 1.165) is 32.6 Å². The highest BCUT2D eigenvalue weighted by Crippen LogP contribution is 2.20. The average molecular weight is 319 g/mol. The van der Waals surface area contributed by atoms with Crippen LogP contribution in [0.1, 0.15) is 25.8 Å². The van der Waals surface area contributed by atoms with Gasteiger partial charge in [0.15, 0.2) is 0 Å². The molecule has 1 aliphatic heterocycles. The predicted molar refractivity (Wildman–Crippen MR) is 94.1 cm³/mol. The van der Waals surface area contributed by atoms with Crippen LogP contribution in [0.25, 0.3) is 0 Å². The topological polar surface area (TPSA) is 44.8 Å². The van der Waals surface area contributed by atoms with Gasteiger partial charge in [-0.1, -0.05) is 18.2 Å². The van der Waals surface area contributed by atoms with Gasteiger partial charge in [0.05, 0.1) is 6.10 Å². The van der Waals surface area contributed by atoms with E-state index in [9.17, 15) is 4.79 Å². The Morgan fingerprint density at radius 1 is 1.22 bits per heavy atom. The summed E-state index contributed by atoms with van der Waals surface area (Å²) in [6.45, 7) is 10.8. The van der Waals surface area contributed by atoms with E-state index in [4.69, 9.17) is 4.74 Å². The number of urea groups is 1. The second-order valence-corrected chi connectivity index (χ2v) is 6.27. The Labute approximate surface area is 139 Å². The second kappa shape index (κ2) is 8.77. The third kappa shape index (κ3) is 5.43. The quantitative estimate of drug-likeness (QED) is 0.820. The lowest BCUT2D eigenvalue weighted by atomic mass is 10.1. The third-order valence-corrected chi connectivity index (χ3v) is 4.07. The Balaban J connectivity index is 1.70. The Bertz CT molecular complexity index is 497. The first-order valence-electron chi connectivity index (χ1n) is 8.53. The molecule has 0 unspecified atom stereocenters. The molecule has 1 N–H and O–H groups in total. The number of amides is 2. The molecule has 0 bridgehead atoms. The molecule has 1 fully saturated rings. The van der Waals surface area contributed by atoms with Crippen molar-refractivity contribution in [2.75, 3.05) is 44.2 Å². The third-order valence-electron chi connectivity index (χ3n) is 4.07. The number of carbonyl (C=O) groups excluding carboxylic acids is 1. The fraction of sp³-hybridized carbons (Fsp3) is 0.611. The molecule has 0 radical (unpaired) electrons. The van der Waals surface area contributed by atoms with E-state index in [-0.39, 0.29) is 12.1 Å². The number of hydrogen-bond acceptors (Lipinski definition) is 3. The minimum Gasteiger partial charge on any atom is -0.379 e. The van der Waals surface area contributed by atoms with Gasteiger partial charge in [0.2, 0.25) is 0 Å². The lowest BCUT2D eigenvalue weighted by Gasteiger charge is -2.36. The molecule has 1 aliphatic rings.